The Morgan fingerprint density at radius 3 is 1.61 bits per heavy atom. The maximum Gasteiger partial charge on any atom is 0.280 e. The number of H-pyrrole nitrogens is 2. The number of hydrogen-bond acceptors (Lipinski definition) is 18. The van der Waals surface area contributed by atoms with Gasteiger partial charge in [-0.15, -0.1) is 0 Å². The number of hydrogen-bond donors (Lipinski definition) is 8. The first kappa shape index (κ1) is 48.9. The number of fused-ring (bicyclic) bond motifs is 3. The number of amides is 2. The van der Waals surface area contributed by atoms with Crippen molar-refractivity contribution < 1.29 is 58.4 Å². The molecular formula is C37H58N10O14. The average Bonchev–Trinajstić information content (AvgIpc) is 4.00. The Labute approximate surface area is 349 Å². The predicted octanol–water partition coefficient (Wildman–Crippen LogP) is 0.101. The third-order valence-electron chi connectivity index (χ3n) is 9.75. The van der Waals surface area contributed by atoms with Crippen LogP contribution in [0, 0.1) is 11.8 Å². The number of aromatic nitrogens is 8. The van der Waals surface area contributed by atoms with Gasteiger partial charge in [0.05, 0.1) is 25.9 Å². The van der Waals surface area contributed by atoms with E-state index in [4.69, 9.17) is 28.4 Å². The average molecular weight is 867 g/mol. The second kappa shape index (κ2) is 19.5. The lowest BCUT2D eigenvalue weighted by atomic mass is 10.1. The molecule has 2 amide bonds. The van der Waals surface area contributed by atoms with Crippen LogP contribution in [0.2, 0.25) is 0 Å². The Morgan fingerprint density at radius 2 is 1.21 bits per heavy atom. The van der Waals surface area contributed by atoms with Crippen molar-refractivity contribution >= 4 is 46.0 Å². The summed E-state index contributed by atoms with van der Waals surface area (Å²) in [6.45, 7) is 13.4. The summed E-state index contributed by atoms with van der Waals surface area (Å²) in [6, 6.07) is 0. The van der Waals surface area contributed by atoms with E-state index in [9.17, 15) is 39.6 Å². The summed E-state index contributed by atoms with van der Waals surface area (Å²) < 4.78 is 35.7. The molecule has 0 radical (unpaired) electrons. The van der Waals surface area contributed by atoms with Crippen molar-refractivity contribution in [1.29, 1.82) is 0 Å². The van der Waals surface area contributed by atoms with Crippen molar-refractivity contribution in [1.82, 2.24) is 39.0 Å². The van der Waals surface area contributed by atoms with Crippen LogP contribution in [0.5, 0.6) is 0 Å². The van der Waals surface area contributed by atoms with Gasteiger partial charge in [-0.1, -0.05) is 35.1 Å². The van der Waals surface area contributed by atoms with Crippen LogP contribution in [0.15, 0.2) is 22.2 Å². The number of ether oxygens (including phenoxy) is 6. The van der Waals surface area contributed by atoms with Crippen LogP contribution in [0.25, 0.3) is 22.3 Å². The molecule has 0 spiro atoms. The molecule has 8 atom stereocenters. The first-order chi connectivity index (χ1) is 28.1. The van der Waals surface area contributed by atoms with E-state index < -0.39 is 78.4 Å². The fraction of sp³-hybridized carbons (Fsp3) is 0.676. The zero-order valence-electron chi connectivity index (χ0n) is 34.9. The van der Waals surface area contributed by atoms with Crippen molar-refractivity contribution in [3.63, 3.8) is 0 Å². The van der Waals surface area contributed by atoms with Crippen molar-refractivity contribution in [2.75, 3.05) is 38.1 Å². The number of nitrogens with zero attached hydrogens (tertiary/aromatic N) is 6. The van der Waals surface area contributed by atoms with Gasteiger partial charge in [-0.05, 0) is 27.7 Å². The van der Waals surface area contributed by atoms with E-state index in [1.807, 2.05) is 13.8 Å². The lowest BCUT2D eigenvalue weighted by molar-refractivity contribution is -0.199. The molecule has 0 aromatic carbocycles. The Bertz CT molecular complexity index is 2250. The summed E-state index contributed by atoms with van der Waals surface area (Å²) in [6.07, 6.45) is -4.30. The predicted molar refractivity (Wildman–Crippen MR) is 216 cm³/mol. The van der Waals surface area contributed by atoms with E-state index in [1.54, 1.807) is 60.3 Å². The number of aliphatic hydroxyl groups excluding tert-OH is 4. The number of imidazole rings is 2. The largest absolute Gasteiger partial charge is 0.394 e. The van der Waals surface area contributed by atoms with Crippen LogP contribution in [0.4, 0.5) is 11.9 Å². The number of nitrogens with one attached hydrogen (secondary N) is 4. The number of aliphatic hydroxyl groups is 4. The maximum absolute atomic E-state index is 12.4. The Kier molecular flexibility index (Phi) is 15.7. The fourth-order valence-corrected chi connectivity index (χ4v) is 6.09. The van der Waals surface area contributed by atoms with Gasteiger partial charge in [0.25, 0.3) is 11.1 Å². The van der Waals surface area contributed by atoms with Gasteiger partial charge in [0, 0.05) is 26.1 Å². The van der Waals surface area contributed by atoms with Gasteiger partial charge in [-0.25, -0.2) is 9.97 Å². The van der Waals surface area contributed by atoms with Crippen LogP contribution in [-0.2, 0) is 38.0 Å². The van der Waals surface area contributed by atoms with Gasteiger partial charge >= 0.3 is 0 Å². The molecule has 0 bridgehead atoms. The molecule has 3 aliphatic heterocycles. The fourth-order valence-electron chi connectivity index (χ4n) is 6.09. The smallest absolute Gasteiger partial charge is 0.280 e. The first-order valence-corrected chi connectivity index (χ1v) is 19.1. The van der Waals surface area contributed by atoms with Crippen molar-refractivity contribution in [2.24, 2.45) is 11.8 Å². The van der Waals surface area contributed by atoms with E-state index in [2.05, 4.69) is 40.5 Å². The van der Waals surface area contributed by atoms with Gasteiger partial charge < -0.3 is 48.8 Å². The highest BCUT2D eigenvalue weighted by Gasteiger charge is 2.56. The van der Waals surface area contributed by atoms with E-state index >= 15 is 0 Å². The highest BCUT2D eigenvalue weighted by molar-refractivity contribution is 5.91. The molecule has 7 rings (SSSR count). The van der Waals surface area contributed by atoms with Crippen molar-refractivity contribution in [3.8, 4) is 0 Å². The molecular weight excluding hydrogens is 808 g/mol. The monoisotopic (exact) mass is 866 g/mol. The topological polar surface area (TPSA) is 322 Å². The molecule has 3 fully saturated rings. The molecule has 4 aromatic rings. The van der Waals surface area contributed by atoms with E-state index in [0.29, 0.717) is 0 Å². The van der Waals surface area contributed by atoms with Crippen molar-refractivity contribution in [2.45, 2.75) is 123 Å². The maximum atomic E-state index is 12.4. The Hall–Kier alpha value is -4.76. The van der Waals surface area contributed by atoms with Gasteiger partial charge in [-0.3, -0.25) is 48.9 Å². The molecule has 0 aliphatic carbocycles. The second-order valence-electron chi connectivity index (χ2n) is 15.6. The Balaban J connectivity index is 0.000000230. The molecule has 7 heterocycles. The van der Waals surface area contributed by atoms with Gasteiger partial charge in [0.15, 0.2) is 46.4 Å². The molecule has 24 nitrogen and oxygen atoms in total. The minimum atomic E-state index is -1.34. The number of aromatic amines is 2. The number of carbonyl (C=O) groups excluding carboxylic acids is 2. The Morgan fingerprint density at radius 1 is 0.787 bits per heavy atom. The summed E-state index contributed by atoms with van der Waals surface area (Å²) >= 11 is 0. The minimum Gasteiger partial charge on any atom is -0.394 e. The number of methoxy groups -OCH3 is 2. The summed E-state index contributed by atoms with van der Waals surface area (Å²) in [7, 11) is 3.23. The number of carbonyl (C=O) groups is 2. The minimum absolute atomic E-state index is 0. The normalized spacial score (nSPS) is 25.4. The quantitative estimate of drug-likeness (QED) is 0.0980. The van der Waals surface area contributed by atoms with Crippen molar-refractivity contribution in [3.05, 3.63) is 33.4 Å². The third kappa shape index (κ3) is 10.7. The molecule has 4 aromatic heterocycles. The lowest BCUT2D eigenvalue weighted by Crippen LogP contribution is -2.33. The zero-order valence-corrected chi connectivity index (χ0v) is 34.9. The van der Waals surface area contributed by atoms with Crippen LogP contribution in [-0.4, -0.2) is 147 Å². The van der Waals surface area contributed by atoms with Crippen LogP contribution >= 0.6 is 0 Å². The summed E-state index contributed by atoms with van der Waals surface area (Å²) in [5.41, 5.74) is -0.667. The molecule has 340 valence electrons. The molecule has 24 heteroatoms. The third-order valence-corrected chi connectivity index (χ3v) is 9.75. The zero-order chi connectivity index (χ0) is 44.4. The summed E-state index contributed by atoms with van der Waals surface area (Å²) in [4.78, 5) is 69.7. The van der Waals surface area contributed by atoms with Gasteiger partial charge in [-0.2, -0.15) is 9.97 Å². The second-order valence-corrected chi connectivity index (χ2v) is 15.6. The van der Waals surface area contributed by atoms with E-state index in [-0.39, 0.29) is 71.9 Å². The summed E-state index contributed by atoms with van der Waals surface area (Å²) in [5, 5.41) is 43.9. The highest BCUT2D eigenvalue weighted by atomic mass is 16.8. The van der Waals surface area contributed by atoms with E-state index in [0.717, 1.165) is 0 Å². The van der Waals surface area contributed by atoms with Gasteiger partial charge in [0.1, 0.15) is 36.6 Å². The molecule has 8 N–H and O–H groups in total. The SMILES string of the molecule is C.CC(C)C(=O)Nc1nc2c(ncn2[C@@H]2O[C@H](CO)C(O)[C@@H]2O)c(=O)[nH]1.CC(C)C(=O)Nc1nc2c(ncn2[C@@H]2O[C@H](CO)C3OC(C)(C)O[C@@H]32)c(=O)[nH]1.COC(C)(C)OC. The molecule has 3 aliphatic rings. The first-order valence-electron chi connectivity index (χ1n) is 19.1. The summed E-state index contributed by atoms with van der Waals surface area (Å²) in [5.74, 6) is -2.49. The number of anilines is 2. The number of rotatable bonds is 10. The van der Waals surface area contributed by atoms with Crippen LogP contribution in [0.1, 0.15) is 75.3 Å². The van der Waals surface area contributed by atoms with E-state index in [1.165, 1.54) is 17.2 Å². The molecule has 0 saturated carbocycles. The lowest BCUT2D eigenvalue weighted by Gasteiger charge is -2.24. The van der Waals surface area contributed by atoms with Gasteiger partial charge in [0.2, 0.25) is 23.7 Å². The van der Waals surface area contributed by atoms with Crippen LogP contribution < -0.4 is 21.8 Å². The van der Waals surface area contributed by atoms with Crippen LogP contribution in [0.3, 0.4) is 0 Å². The highest BCUT2D eigenvalue weighted by Crippen LogP contribution is 2.43. The molecule has 2 unspecified atom stereocenters. The molecule has 61 heavy (non-hydrogen) atoms. The standard InChI is InChI=1S/C17H23N5O6.C14H19N5O6.C5H12O2.CH4/c1-7(2)13(24)20-16-19-12-9(14(25)21-16)18-6-22(12)15-11-10(8(5-23)26-15)27-17(3,4)28-11;1-5(2)11(23)17-14-16-10-7(12(24)18-14)15-4-19(10)13-9(22)8(21)6(3-20)25-13;1-5(2,6-3)7-4;/h6-8,10-11,15,23H,5H2,1-4H3,(H2,19,20,21,24,25);4-6,8-9,13,20-22H,3H2,1-2H3,(H2,16,17,18,23,24);1-4H3;1H4/t8-,10?,11+,15-;6-,8?,9+,13-;;/m11../s1. The molecule has 3 saturated heterocycles.